The molecule has 1 aromatic rings. The molecule has 126 valence electrons. The molecule has 2 rings (SSSR count). The average Bonchev–Trinajstić information content (AvgIpc) is 3.00. The fraction of sp³-hybridized carbons (Fsp3) is 0.429. The highest BCUT2D eigenvalue weighted by Crippen LogP contribution is 2.36. The van der Waals surface area contributed by atoms with Crippen molar-refractivity contribution in [2.45, 2.75) is 25.1 Å². The number of alkyl halides is 3. The number of rotatable bonds is 4. The van der Waals surface area contributed by atoms with Crippen LogP contribution in [-0.2, 0) is 25.2 Å². The van der Waals surface area contributed by atoms with Gasteiger partial charge in [0.05, 0.1) is 10.6 Å². The van der Waals surface area contributed by atoms with Crippen molar-refractivity contribution < 1.29 is 32.2 Å². The molecular weight excluding hydrogens is 339 g/mol. The first-order valence-corrected chi connectivity index (χ1v) is 7.10. The number of ether oxygens (including phenoxy) is 2. The Hall–Kier alpha value is -1.80. The molecule has 1 aliphatic heterocycles. The molecular formula is C14H13ClF3NO4. The molecule has 1 saturated heterocycles. The third-order valence-corrected chi connectivity index (χ3v) is 3.42. The summed E-state index contributed by atoms with van der Waals surface area (Å²) in [6, 6.07) is 2.96. The van der Waals surface area contributed by atoms with Crippen molar-refractivity contribution in [1.29, 1.82) is 0 Å². The van der Waals surface area contributed by atoms with E-state index in [0.717, 1.165) is 12.5 Å². The van der Waals surface area contributed by atoms with E-state index in [9.17, 15) is 22.8 Å². The minimum absolute atomic E-state index is 0.0973. The maximum absolute atomic E-state index is 12.7. The van der Waals surface area contributed by atoms with Crippen molar-refractivity contribution in [1.82, 2.24) is 0 Å². The van der Waals surface area contributed by atoms with Crippen LogP contribution in [0.15, 0.2) is 18.2 Å². The minimum Gasteiger partial charge on any atom is -0.454 e. The molecule has 1 N–H and O–H groups in total. The van der Waals surface area contributed by atoms with E-state index >= 15 is 0 Å². The summed E-state index contributed by atoms with van der Waals surface area (Å²) in [6.07, 6.45) is -4.07. The van der Waals surface area contributed by atoms with Gasteiger partial charge in [-0.1, -0.05) is 11.6 Å². The van der Waals surface area contributed by atoms with Crippen molar-refractivity contribution in [3.8, 4) is 0 Å². The third kappa shape index (κ3) is 4.84. The summed E-state index contributed by atoms with van der Waals surface area (Å²) in [6.45, 7) is -0.153. The van der Waals surface area contributed by atoms with Gasteiger partial charge in [0, 0.05) is 12.3 Å². The van der Waals surface area contributed by atoms with Gasteiger partial charge in [-0.05, 0) is 31.0 Å². The number of halogens is 4. The Labute approximate surface area is 134 Å². The number of anilines is 1. The van der Waals surface area contributed by atoms with E-state index in [2.05, 4.69) is 5.32 Å². The summed E-state index contributed by atoms with van der Waals surface area (Å²) in [7, 11) is 0. The SMILES string of the molecule is O=C(COC(=O)[C@H]1CCCO1)Nc1ccc(Cl)c(C(F)(F)F)c1. The quantitative estimate of drug-likeness (QED) is 0.847. The Morgan fingerprint density at radius 3 is 2.74 bits per heavy atom. The van der Waals surface area contributed by atoms with Gasteiger partial charge >= 0.3 is 12.1 Å². The zero-order chi connectivity index (χ0) is 17.0. The van der Waals surface area contributed by atoms with E-state index in [-0.39, 0.29) is 5.69 Å². The molecule has 5 nitrogen and oxygen atoms in total. The molecule has 23 heavy (non-hydrogen) atoms. The van der Waals surface area contributed by atoms with E-state index in [1.165, 1.54) is 6.07 Å². The molecule has 1 heterocycles. The second-order valence-corrected chi connectivity index (χ2v) is 5.26. The molecule has 1 aliphatic rings. The van der Waals surface area contributed by atoms with Crippen LogP contribution in [0.5, 0.6) is 0 Å². The molecule has 1 amide bonds. The highest BCUT2D eigenvalue weighted by molar-refractivity contribution is 6.31. The summed E-state index contributed by atoms with van der Waals surface area (Å²) in [5.41, 5.74) is -1.16. The van der Waals surface area contributed by atoms with Gasteiger partial charge in [0.25, 0.3) is 5.91 Å². The highest BCUT2D eigenvalue weighted by atomic mass is 35.5. The number of esters is 1. The monoisotopic (exact) mass is 351 g/mol. The second-order valence-electron chi connectivity index (χ2n) is 4.85. The van der Waals surface area contributed by atoms with Gasteiger partial charge in [-0.2, -0.15) is 13.2 Å². The van der Waals surface area contributed by atoms with Gasteiger partial charge in [-0.3, -0.25) is 4.79 Å². The third-order valence-electron chi connectivity index (χ3n) is 3.09. The Morgan fingerprint density at radius 1 is 1.39 bits per heavy atom. The van der Waals surface area contributed by atoms with Crippen LogP contribution in [0.25, 0.3) is 0 Å². The second kappa shape index (κ2) is 7.18. The molecule has 0 bridgehead atoms. The molecule has 1 aromatic carbocycles. The van der Waals surface area contributed by atoms with E-state index in [0.29, 0.717) is 19.1 Å². The standard InChI is InChI=1S/C14H13ClF3NO4/c15-10-4-3-8(6-9(10)14(16,17)18)19-12(20)7-23-13(21)11-2-1-5-22-11/h3-4,6,11H,1-2,5,7H2,(H,19,20)/t11-/m1/s1. The molecule has 0 aliphatic carbocycles. The zero-order valence-corrected chi connectivity index (χ0v) is 12.5. The number of amides is 1. The lowest BCUT2D eigenvalue weighted by Gasteiger charge is -2.12. The molecule has 9 heteroatoms. The van der Waals surface area contributed by atoms with Gasteiger partial charge in [-0.25, -0.2) is 4.79 Å². The maximum Gasteiger partial charge on any atom is 0.417 e. The summed E-state index contributed by atoms with van der Waals surface area (Å²) >= 11 is 5.48. The molecule has 1 fully saturated rings. The maximum atomic E-state index is 12.7. The van der Waals surface area contributed by atoms with Crippen LogP contribution in [0.1, 0.15) is 18.4 Å². The number of hydrogen-bond donors (Lipinski definition) is 1. The smallest absolute Gasteiger partial charge is 0.417 e. The number of carbonyl (C=O) groups excluding carboxylic acids is 2. The number of nitrogens with one attached hydrogen (secondary N) is 1. The predicted octanol–water partition coefficient (Wildman–Crippen LogP) is 3.02. The van der Waals surface area contributed by atoms with Crippen LogP contribution >= 0.6 is 11.6 Å². The fourth-order valence-corrected chi connectivity index (χ4v) is 2.24. The Kier molecular flexibility index (Phi) is 5.48. The fourth-order valence-electron chi connectivity index (χ4n) is 2.01. The van der Waals surface area contributed by atoms with Crippen molar-refractivity contribution >= 4 is 29.2 Å². The van der Waals surface area contributed by atoms with Crippen LogP contribution in [0.3, 0.4) is 0 Å². The predicted molar refractivity (Wildman–Crippen MR) is 75.0 cm³/mol. The molecule has 0 saturated carbocycles. The van der Waals surface area contributed by atoms with Crippen molar-refractivity contribution in [2.24, 2.45) is 0 Å². The van der Waals surface area contributed by atoms with Crippen molar-refractivity contribution in [3.63, 3.8) is 0 Å². The summed E-state index contributed by atoms with van der Waals surface area (Å²) in [5, 5.41) is 1.74. The first-order valence-electron chi connectivity index (χ1n) is 6.72. The first kappa shape index (κ1) is 17.6. The Balaban J connectivity index is 1.91. The van der Waals surface area contributed by atoms with E-state index in [1.54, 1.807) is 0 Å². The zero-order valence-electron chi connectivity index (χ0n) is 11.8. The van der Waals surface area contributed by atoms with Gasteiger partial charge in [0.1, 0.15) is 0 Å². The topological polar surface area (TPSA) is 64.6 Å². The lowest BCUT2D eigenvalue weighted by molar-refractivity contribution is -0.156. The normalized spacial score (nSPS) is 17.8. The molecule has 0 radical (unpaired) electrons. The van der Waals surface area contributed by atoms with E-state index < -0.39 is 41.3 Å². The highest BCUT2D eigenvalue weighted by Gasteiger charge is 2.33. The first-order chi connectivity index (χ1) is 10.8. The minimum atomic E-state index is -4.63. The van der Waals surface area contributed by atoms with Gasteiger partial charge in [0.2, 0.25) is 0 Å². The lowest BCUT2D eigenvalue weighted by atomic mass is 10.2. The van der Waals surface area contributed by atoms with Crippen LogP contribution in [0.4, 0.5) is 18.9 Å². The molecule has 0 aromatic heterocycles. The average molecular weight is 352 g/mol. The van der Waals surface area contributed by atoms with Crippen LogP contribution < -0.4 is 5.32 Å². The van der Waals surface area contributed by atoms with Gasteiger partial charge in [-0.15, -0.1) is 0 Å². The van der Waals surface area contributed by atoms with E-state index in [4.69, 9.17) is 21.1 Å². The summed E-state index contributed by atoms with van der Waals surface area (Å²) in [5.74, 6) is -1.42. The molecule has 0 spiro atoms. The van der Waals surface area contributed by atoms with Crippen LogP contribution in [0.2, 0.25) is 5.02 Å². The van der Waals surface area contributed by atoms with Gasteiger partial charge < -0.3 is 14.8 Å². The van der Waals surface area contributed by atoms with E-state index in [1.807, 2.05) is 0 Å². The molecule has 1 atom stereocenters. The lowest BCUT2D eigenvalue weighted by Crippen LogP contribution is -2.27. The Morgan fingerprint density at radius 2 is 2.13 bits per heavy atom. The number of carbonyl (C=O) groups is 2. The van der Waals surface area contributed by atoms with Crippen molar-refractivity contribution in [2.75, 3.05) is 18.5 Å². The van der Waals surface area contributed by atoms with Crippen LogP contribution in [0, 0.1) is 0 Å². The number of benzene rings is 1. The van der Waals surface area contributed by atoms with Gasteiger partial charge in [0.15, 0.2) is 12.7 Å². The molecule has 0 unspecified atom stereocenters. The number of hydrogen-bond acceptors (Lipinski definition) is 4. The summed E-state index contributed by atoms with van der Waals surface area (Å²) < 4.78 is 48.0. The Bertz CT molecular complexity index is 600. The largest absolute Gasteiger partial charge is 0.454 e. The summed E-state index contributed by atoms with van der Waals surface area (Å²) in [4.78, 5) is 23.2. The van der Waals surface area contributed by atoms with Crippen LogP contribution in [-0.4, -0.2) is 31.2 Å². The van der Waals surface area contributed by atoms with Crippen molar-refractivity contribution in [3.05, 3.63) is 28.8 Å².